The van der Waals surface area contributed by atoms with Crippen molar-refractivity contribution in [1.29, 1.82) is 0 Å². The Morgan fingerprint density at radius 2 is 2.07 bits per heavy atom. The lowest BCUT2D eigenvalue weighted by Gasteiger charge is -2.03. The van der Waals surface area contributed by atoms with E-state index in [0.29, 0.717) is 6.04 Å². The van der Waals surface area contributed by atoms with Gasteiger partial charge < -0.3 is 5.32 Å². The SMILES string of the molecule is CC(C)NCC=Cc1ccccc1Cl. The summed E-state index contributed by atoms with van der Waals surface area (Å²) in [6.45, 7) is 5.13. The van der Waals surface area contributed by atoms with Gasteiger partial charge >= 0.3 is 0 Å². The predicted octanol–water partition coefficient (Wildman–Crippen LogP) is 3.35. The highest BCUT2D eigenvalue weighted by Gasteiger charge is 1.92. The Morgan fingerprint density at radius 1 is 1.36 bits per heavy atom. The molecule has 1 N–H and O–H groups in total. The van der Waals surface area contributed by atoms with Crippen molar-refractivity contribution in [1.82, 2.24) is 5.32 Å². The van der Waals surface area contributed by atoms with Crippen LogP contribution in [-0.2, 0) is 0 Å². The fourth-order valence-corrected chi connectivity index (χ4v) is 1.30. The van der Waals surface area contributed by atoms with Gasteiger partial charge in [-0.3, -0.25) is 0 Å². The van der Waals surface area contributed by atoms with Crippen LogP contribution in [0.1, 0.15) is 19.4 Å². The van der Waals surface area contributed by atoms with Crippen LogP contribution in [0.5, 0.6) is 0 Å². The minimum atomic E-state index is 0.519. The summed E-state index contributed by atoms with van der Waals surface area (Å²) in [6.07, 6.45) is 4.12. The van der Waals surface area contributed by atoms with E-state index in [-0.39, 0.29) is 0 Å². The Balaban J connectivity index is 2.48. The standard InChI is InChI=1S/C12H16ClN/c1-10(2)14-9-5-7-11-6-3-4-8-12(11)13/h3-8,10,14H,9H2,1-2H3. The van der Waals surface area contributed by atoms with Crippen LogP contribution in [0.3, 0.4) is 0 Å². The molecule has 1 aromatic rings. The summed E-state index contributed by atoms with van der Waals surface area (Å²) in [5, 5.41) is 4.10. The zero-order valence-corrected chi connectivity index (χ0v) is 9.38. The summed E-state index contributed by atoms with van der Waals surface area (Å²) in [7, 11) is 0. The second-order valence-corrected chi connectivity index (χ2v) is 3.89. The Kier molecular flexibility index (Phi) is 4.71. The smallest absolute Gasteiger partial charge is 0.0478 e. The molecule has 0 radical (unpaired) electrons. The molecular formula is C12H16ClN. The van der Waals surface area contributed by atoms with Gasteiger partial charge in [-0.1, -0.05) is 55.8 Å². The van der Waals surface area contributed by atoms with Crippen molar-refractivity contribution < 1.29 is 0 Å². The zero-order valence-electron chi connectivity index (χ0n) is 8.63. The second kappa shape index (κ2) is 5.84. The number of rotatable bonds is 4. The van der Waals surface area contributed by atoms with Crippen LogP contribution in [-0.4, -0.2) is 12.6 Å². The quantitative estimate of drug-likeness (QED) is 0.802. The molecule has 2 heteroatoms. The third-order valence-electron chi connectivity index (χ3n) is 1.85. The number of halogens is 1. The van der Waals surface area contributed by atoms with E-state index in [2.05, 4.69) is 25.2 Å². The summed E-state index contributed by atoms with van der Waals surface area (Å²) in [5.41, 5.74) is 1.07. The summed E-state index contributed by atoms with van der Waals surface area (Å²) in [4.78, 5) is 0. The normalized spacial score (nSPS) is 11.4. The molecule has 0 aliphatic heterocycles. The lowest BCUT2D eigenvalue weighted by atomic mass is 10.2. The van der Waals surface area contributed by atoms with Crippen molar-refractivity contribution in [2.24, 2.45) is 0 Å². The van der Waals surface area contributed by atoms with Gasteiger partial charge in [0, 0.05) is 17.6 Å². The fourth-order valence-electron chi connectivity index (χ4n) is 1.10. The maximum atomic E-state index is 5.99. The van der Waals surface area contributed by atoms with Crippen molar-refractivity contribution >= 4 is 17.7 Å². The van der Waals surface area contributed by atoms with E-state index in [0.717, 1.165) is 17.1 Å². The number of nitrogens with one attached hydrogen (secondary N) is 1. The minimum absolute atomic E-state index is 0.519. The molecule has 0 spiro atoms. The predicted molar refractivity (Wildman–Crippen MR) is 63.6 cm³/mol. The topological polar surface area (TPSA) is 12.0 Å². The van der Waals surface area contributed by atoms with E-state index in [1.54, 1.807) is 0 Å². The number of benzene rings is 1. The van der Waals surface area contributed by atoms with Gasteiger partial charge in [-0.05, 0) is 11.6 Å². The molecule has 0 atom stereocenters. The molecule has 0 heterocycles. The zero-order chi connectivity index (χ0) is 10.4. The van der Waals surface area contributed by atoms with Crippen LogP contribution < -0.4 is 5.32 Å². The molecule has 1 nitrogen and oxygen atoms in total. The summed E-state index contributed by atoms with van der Waals surface area (Å²) < 4.78 is 0. The molecular weight excluding hydrogens is 194 g/mol. The highest BCUT2D eigenvalue weighted by atomic mass is 35.5. The van der Waals surface area contributed by atoms with Gasteiger partial charge in [0.25, 0.3) is 0 Å². The average Bonchev–Trinajstić information content (AvgIpc) is 2.15. The largest absolute Gasteiger partial charge is 0.311 e. The molecule has 0 amide bonds. The van der Waals surface area contributed by atoms with Crippen LogP contribution in [0, 0.1) is 0 Å². The van der Waals surface area contributed by atoms with Crippen molar-refractivity contribution in [2.45, 2.75) is 19.9 Å². The van der Waals surface area contributed by atoms with E-state index in [1.165, 1.54) is 0 Å². The molecule has 76 valence electrons. The van der Waals surface area contributed by atoms with E-state index < -0.39 is 0 Å². The molecule has 0 unspecified atom stereocenters. The number of hydrogen-bond acceptors (Lipinski definition) is 1. The van der Waals surface area contributed by atoms with Crippen molar-refractivity contribution in [3.8, 4) is 0 Å². The van der Waals surface area contributed by atoms with Crippen molar-refractivity contribution in [3.05, 3.63) is 40.9 Å². The first kappa shape index (κ1) is 11.3. The van der Waals surface area contributed by atoms with E-state index in [9.17, 15) is 0 Å². The number of hydrogen-bond donors (Lipinski definition) is 1. The Morgan fingerprint density at radius 3 is 2.71 bits per heavy atom. The molecule has 14 heavy (non-hydrogen) atoms. The average molecular weight is 210 g/mol. The monoisotopic (exact) mass is 209 g/mol. The van der Waals surface area contributed by atoms with Crippen LogP contribution >= 0.6 is 11.6 Å². The Labute approximate surface area is 90.8 Å². The summed E-state index contributed by atoms with van der Waals surface area (Å²) in [6, 6.07) is 8.35. The molecule has 0 aromatic heterocycles. The Bertz CT molecular complexity index is 305. The molecule has 0 aliphatic carbocycles. The molecule has 0 saturated heterocycles. The molecule has 0 fully saturated rings. The van der Waals surface area contributed by atoms with E-state index in [1.807, 2.05) is 30.3 Å². The molecule has 0 saturated carbocycles. The highest BCUT2D eigenvalue weighted by Crippen LogP contribution is 2.15. The maximum Gasteiger partial charge on any atom is 0.0478 e. The van der Waals surface area contributed by atoms with Crippen LogP contribution in [0.2, 0.25) is 5.02 Å². The first-order valence-corrected chi connectivity index (χ1v) is 5.22. The summed E-state index contributed by atoms with van der Waals surface area (Å²) >= 11 is 5.99. The Hall–Kier alpha value is -0.790. The van der Waals surface area contributed by atoms with Crippen molar-refractivity contribution in [2.75, 3.05) is 6.54 Å². The third-order valence-corrected chi connectivity index (χ3v) is 2.19. The van der Waals surface area contributed by atoms with Gasteiger partial charge in [0.15, 0.2) is 0 Å². The van der Waals surface area contributed by atoms with E-state index in [4.69, 9.17) is 11.6 Å². The van der Waals surface area contributed by atoms with Gasteiger partial charge in [0.05, 0.1) is 0 Å². The van der Waals surface area contributed by atoms with Crippen LogP contribution in [0.25, 0.3) is 6.08 Å². The van der Waals surface area contributed by atoms with Gasteiger partial charge in [-0.2, -0.15) is 0 Å². The minimum Gasteiger partial charge on any atom is -0.311 e. The van der Waals surface area contributed by atoms with Gasteiger partial charge in [0.2, 0.25) is 0 Å². The molecule has 1 aromatic carbocycles. The lowest BCUT2D eigenvalue weighted by molar-refractivity contribution is 0.633. The highest BCUT2D eigenvalue weighted by molar-refractivity contribution is 6.32. The maximum absolute atomic E-state index is 5.99. The van der Waals surface area contributed by atoms with E-state index >= 15 is 0 Å². The molecule has 0 bridgehead atoms. The molecule has 1 rings (SSSR count). The van der Waals surface area contributed by atoms with Crippen molar-refractivity contribution in [3.63, 3.8) is 0 Å². The van der Waals surface area contributed by atoms with Gasteiger partial charge in [-0.25, -0.2) is 0 Å². The molecule has 0 aliphatic rings. The first-order chi connectivity index (χ1) is 6.70. The second-order valence-electron chi connectivity index (χ2n) is 3.49. The lowest BCUT2D eigenvalue weighted by Crippen LogP contribution is -2.22. The van der Waals surface area contributed by atoms with Crippen LogP contribution in [0.4, 0.5) is 0 Å². The van der Waals surface area contributed by atoms with Gasteiger partial charge in [-0.15, -0.1) is 0 Å². The van der Waals surface area contributed by atoms with Gasteiger partial charge in [0.1, 0.15) is 0 Å². The fraction of sp³-hybridized carbons (Fsp3) is 0.333. The third kappa shape index (κ3) is 3.95. The first-order valence-electron chi connectivity index (χ1n) is 4.84. The summed E-state index contributed by atoms with van der Waals surface area (Å²) in [5.74, 6) is 0. The van der Waals surface area contributed by atoms with Crippen LogP contribution in [0.15, 0.2) is 30.3 Å².